The molecule has 1 amide bonds. The standard InChI is InChI=1S/C19H26N4O2/c1-15-21-12-17(23(15)16-7-4-3-5-8-16)13-22-10-6-9-19(25,14-22)11-18(24)20-2/h3-5,7-8,12,25H,6,9-11,13-14H2,1-2H3,(H,20,24). The van der Waals surface area contributed by atoms with Crippen LogP contribution in [0.3, 0.4) is 0 Å². The number of likely N-dealkylation sites (tertiary alicyclic amines) is 1. The molecule has 1 fully saturated rings. The van der Waals surface area contributed by atoms with E-state index in [1.165, 1.54) is 0 Å². The van der Waals surface area contributed by atoms with Crippen LogP contribution < -0.4 is 5.32 Å². The molecule has 1 aliphatic rings. The number of amides is 1. The van der Waals surface area contributed by atoms with Gasteiger partial charge in [-0.2, -0.15) is 0 Å². The fourth-order valence-electron chi connectivity index (χ4n) is 3.63. The van der Waals surface area contributed by atoms with Gasteiger partial charge in [-0.1, -0.05) is 18.2 Å². The Hall–Kier alpha value is -2.18. The Morgan fingerprint density at radius 2 is 2.12 bits per heavy atom. The molecular formula is C19H26N4O2. The highest BCUT2D eigenvalue weighted by Gasteiger charge is 2.35. The number of piperidine rings is 1. The number of carbonyl (C=O) groups excluding carboxylic acids is 1. The minimum Gasteiger partial charge on any atom is -0.388 e. The number of aromatic nitrogens is 2. The van der Waals surface area contributed by atoms with E-state index in [-0.39, 0.29) is 12.3 Å². The van der Waals surface area contributed by atoms with Crippen LogP contribution in [0.5, 0.6) is 0 Å². The number of hydrogen-bond acceptors (Lipinski definition) is 4. The van der Waals surface area contributed by atoms with Crippen LogP contribution in [0.4, 0.5) is 0 Å². The molecule has 2 N–H and O–H groups in total. The number of carbonyl (C=O) groups is 1. The van der Waals surface area contributed by atoms with Gasteiger partial charge in [-0.25, -0.2) is 4.98 Å². The maximum absolute atomic E-state index is 11.7. The molecule has 1 unspecified atom stereocenters. The fourth-order valence-corrected chi connectivity index (χ4v) is 3.63. The van der Waals surface area contributed by atoms with Crippen molar-refractivity contribution in [1.82, 2.24) is 19.8 Å². The third-order valence-electron chi connectivity index (χ3n) is 4.81. The van der Waals surface area contributed by atoms with Crippen molar-refractivity contribution in [3.05, 3.63) is 48.0 Å². The average Bonchev–Trinajstić information content (AvgIpc) is 2.95. The van der Waals surface area contributed by atoms with Gasteiger partial charge in [0, 0.05) is 25.8 Å². The van der Waals surface area contributed by atoms with Gasteiger partial charge in [0.1, 0.15) is 5.82 Å². The molecule has 0 spiro atoms. The second kappa shape index (κ2) is 7.37. The fraction of sp³-hybridized carbons (Fsp3) is 0.474. The smallest absolute Gasteiger partial charge is 0.222 e. The second-order valence-corrected chi connectivity index (χ2v) is 6.86. The summed E-state index contributed by atoms with van der Waals surface area (Å²) >= 11 is 0. The SMILES string of the molecule is CNC(=O)CC1(O)CCCN(Cc2cnc(C)n2-c2ccccc2)C1. The summed E-state index contributed by atoms with van der Waals surface area (Å²) in [6.45, 7) is 4.11. The summed E-state index contributed by atoms with van der Waals surface area (Å²) in [6.07, 6.45) is 3.59. The lowest BCUT2D eigenvalue weighted by atomic mass is 9.89. The Morgan fingerprint density at radius 3 is 2.84 bits per heavy atom. The monoisotopic (exact) mass is 342 g/mol. The molecule has 0 radical (unpaired) electrons. The molecule has 6 heteroatoms. The van der Waals surface area contributed by atoms with Crippen molar-refractivity contribution < 1.29 is 9.90 Å². The maximum Gasteiger partial charge on any atom is 0.222 e. The first-order valence-corrected chi connectivity index (χ1v) is 8.75. The lowest BCUT2D eigenvalue weighted by Crippen LogP contribution is -2.50. The lowest BCUT2D eigenvalue weighted by molar-refractivity contribution is -0.128. The summed E-state index contributed by atoms with van der Waals surface area (Å²) in [5.74, 6) is 0.827. The quantitative estimate of drug-likeness (QED) is 0.867. The number of nitrogens with zero attached hydrogens (tertiary/aromatic N) is 3. The van der Waals surface area contributed by atoms with Crippen molar-refractivity contribution in [2.24, 2.45) is 0 Å². The van der Waals surface area contributed by atoms with Crippen LogP contribution in [0.25, 0.3) is 5.69 Å². The van der Waals surface area contributed by atoms with E-state index >= 15 is 0 Å². The Morgan fingerprint density at radius 1 is 1.36 bits per heavy atom. The molecule has 1 aromatic carbocycles. The van der Waals surface area contributed by atoms with E-state index in [0.29, 0.717) is 19.5 Å². The number of aliphatic hydroxyl groups is 1. The molecule has 0 aliphatic carbocycles. The van der Waals surface area contributed by atoms with Crippen LogP contribution in [0, 0.1) is 6.92 Å². The van der Waals surface area contributed by atoms with Crippen molar-refractivity contribution in [1.29, 1.82) is 0 Å². The summed E-state index contributed by atoms with van der Waals surface area (Å²) in [5.41, 5.74) is 1.23. The number of benzene rings is 1. The number of β-amino-alcohol motifs (C(OH)–C–C–N with tert-alkyl or cyclic N) is 1. The molecule has 6 nitrogen and oxygen atoms in total. The third kappa shape index (κ3) is 4.08. The van der Waals surface area contributed by atoms with Crippen LogP contribution in [0.2, 0.25) is 0 Å². The van der Waals surface area contributed by atoms with Gasteiger partial charge in [-0.3, -0.25) is 14.3 Å². The van der Waals surface area contributed by atoms with Gasteiger partial charge in [0.25, 0.3) is 0 Å². The first-order chi connectivity index (χ1) is 12.0. The van der Waals surface area contributed by atoms with E-state index in [0.717, 1.165) is 30.2 Å². The van der Waals surface area contributed by atoms with Crippen molar-refractivity contribution in [2.45, 2.75) is 38.3 Å². The van der Waals surface area contributed by atoms with Gasteiger partial charge in [-0.15, -0.1) is 0 Å². The molecule has 134 valence electrons. The second-order valence-electron chi connectivity index (χ2n) is 6.86. The van der Waals surface area contributed by atoms with Crippen molar-refractivity contribution >= 4 is 5.91 Å². The van der Waals surface area contributed by atoms with Crippen LogP contribution in [0.1, 0.15) is 30.8 Å². The van der Waals surface area contributed by atoms with Crippen molar-refractivity contribution in [3.63, 3.8) is 0 Å². The maximum atomic E-state index is 11.7. The highest BCUT2D eigenvalue weighted by Crippen LogP contribution is 2.26. The van der Waals surface area contributed by atoms with Gasteiger partial charge in [0.15, 0.2) is 0 Å². The van der Waals surface area contributed by atoms with Crippen LogP contribution in [-0.2, 0) is 11.3 Å². The lowest BCUT2D eigenvalue weighted by Gasteiger charge is -2.38. The Kier molecular flexibility index (Phi) is 5.20. The topological polar surface area (TPSA) is 70.4 Å². The number of nitrogens with one attached hydrogen (secondary N) is 1. The molecule has 1 atom stereocenters. The Bertz CT molecular complexity index is 728. The highest BCUT2D eigenvalue weighted by atomic mass is 16.3. The Balaban J connectivity index is 1.76. The predicted octanol–water partition coefficient (Wildman–Crippen LogP) is 1.64. The summed E-state index contributed by atoms with van der Waals surface area (Å²) in [4.78, 5) is 18.4. The summed E-state index contributed by atoms with van der Waals surface area (Å²) < 4.78 is 2.15. The summed E-state index contributed by atoms with van der Waals surface area (Å²) in [7, 11) is 1.60. The van der Waals surface area contributed by atoms with Gasteiger partial charge >= 0.3 is 0 Å². The number of rotatable bonds is 5. The average molecular weight is 342 g/mol. The third-order valence-corrected chi connectivity index (χ3v) is 4.81. The molecule has 3 rings (SSSR count). The van der Waals surface area contributed by atoms with E-state index in [4.69, 9.17) is 0 Å². The van der Waals surface area contributed by atoms with Gasteiger partial charge in [-0.05, 0) is 38.4 Å². The zero-order valence-corrected chi connectivity index (χ0v) is 14.9. The van der Waals surface area contributed by atoms with E-state index in [9.17, 15) is 9.90 Å². The predicted molar refractivity (Wildman–Crippen MR) is 96.4 cm³/mol. The molecule has 2 aromatic rings. The molecule has 1 aromatic heterocycles. The molecule has 25 heavy (non-hydrogen) atoms. The number of para-hydroxylation sites is 1. The van der Waals surface area contributed by atoms with Gasteiger partial charge in [0.05, 0.1) is 23.9 Å². The first-order valence-electron chi connectivity index (χ1n) is 8.75. The van der Waals surface area contributed by atoms with E-state index in [2.05, 4.69) is 31.9 Å². The summed E-state index contributed by atoms with van der Waals surface area (Å²) in [5, 5.41) is 13.4. The number of hydrogen-bond donors (Lipinski definition) is 2. The molecule has 2 heterocycles. The van der Waals surface area contributed by atoms with Gasteiger partial charge in [0.2, 0.25) is 5.91 Å². The first kappa shape index (κ1) is 17.6. The normalized spacial score (nSPS) is 21.2. The number of aryl methyl sites for hydroxylation is 1. The van der Waals surface area contributed by atoms with Crippen molar-refractivity contribution in [3.8, 4) is 5.69 Å². The van der Waals surface area contributed by atoms with Crippen LogP contribution in [-0.4, -0.2) is 51.2 Å². The molecule has 1 saturated heterocycles. The van der Waals surface area contributed by atoms with Crippen LogP contribution >= 0.6 is 0 Å². The van der Waals surface area contributed by atoms with E-state index in [1.807, 2.05) is 31.3 Å². The molecule has 0 bridgehead atoms. The zero-order valence-electron chi connectivity index (χ0n) is 14.9. The van der Waals surface area contributed by atoms with E-state index in [1.54, 1.807) is 7.05 Å². The van der Waals surface area contributed by atoms with E-state index < -0.39 is 5.60 Å². The van der Waals surface area contributed by atoms with Crippen LogP contribution in [0.15, 0.2) is 36.5 Å². The van der Waals surface area contributed by atoms with Gasteiger partial charge < -0.3 is 10.4 Å². The largest absolute Gasteiger partial charge is 0.388 e. The van der Waals surface area contributed by atoms with Crippen molar-refractivity contribution in [2.75, 3.05) is 20.1 Å². The minimum absolute atomic E-state index is 0.116. The zero-order chi connectivity index (χ0) is 17.9. The Labute approximate surface area is 148 Å². The minimum atomic E-state index is -0.953. The molecular weight excluding hydrogens is 316 g/mol. The summed E-state index contributed by atoms with van der Waals surface area (Å²) in [6, 6.07) is 10.2. The highest BCUT2D eigenvalue weighted by molar-refractivity contribution is 5.76. The molecule has 0 saturated carbocycles. The molecule has 1 aliphatic heterocycles. The number of imidazole rings is 1.